The zero-order valence-electron chi connectivity index (χ0n) is 11.4. The summed E-state index contributed by atoms with van der Waals surface area (Å²) in [4.78, 5) is 16.0. The molecule has 5 heteroatoms. The number of amides is 1. The van der Waals surface area contributed by atoms with Crippen LogP contribution in [-0.4, -0.2) is 22.0 Å². The molecular formula is C14H20N4O. The molecule has 0 fully saturated rings. The van der Waals surface area contributed by atoms with Gasteiger partial charge in [-0.05, 0) is 30.2 Å². The molecule has 0 radical (unpaired) electrons. The van der Waals surface area contributed by atoms with E-state index in [0.717, 1.165) is 16.6 Å². The van der Waals surface area contributed by atoms with E-state index in [4.69, 9.17) is 5.73 Å². The van der Waals surface area contributed by atoms with Crippen molar-refractivity contribution in [3.05, 3.63) is 30.1 Å². The second-order valence-electron chi connectivity index (χ2n) is 5.00. The molecule has 2 rings (SSSR count). The van der Waals surface area contributed by atoms with Crippen LogP contribution in [0.25, 0.3) is 11.0 Å². The second-order valence-corrected chi connectivity index (χ2v) is 5.00. The minimum atomic E-state index is 0.0408. The molecule has 1 unspecified atom stereocenters. The van der Waals surface area contributed by atoms with Crippen molar-refractivity contribution in [3.8, 4) is 0 Å². The summed E-state index contributed by atoms with van der Waals surface area (Å²) in [7, 11) is 1.96. The molecule has 0 saturated heterocycles. The monoisotopic (exact) mass is 260 g/mol. The predicted octanol–water partition coefficient (Wildman–Crippen LogP) is 1.17. The van der Waals surface area contributed by atoms with Gasteiger partial charge in [0.2, 0.25) is 5.91 Å². The Bertz CT molecular complexity index is 576. The largest absolute Gasteiger partial charge is 0.352 e. The highest BCUT2D eigenvalue weighted by Gasteiger charge is 2.07. The van der Waals surface area contributed by atoms with Crippen molar-refractivity contribution >= 4 is 16.9 Å². The fraction of sp³-hybridized carbons (Fsp3) is 0.429. The van der Waals surface area contributed by atoms with E-state index >= 15 is 0 Å². The molecule has 0 aliphatic heterocycles. The number of nitrogens with two attached hydrogens (primary N) is 1. The van der Waals surface area contributed by atoms with Gasteiger partial charge in [0.1, 0.15) is 0 Å². The lowest BCUT2D eigenvalue weighted by molar-refractivity contribution is -0.122. The van der Waals surface area contributed by atoms with Gasteiger partial charge in [0.15, 0.2) is 0 Å². The van der Waals surface area contributed by atoms with E-state index in [2.05, 4.69) is 10.3 Å². The molecule has 2 aromatic rings. The molecule has 1 atom stereocenters. The fourth-order valence-electron chi connectivity index (χ4n) is 1.96. The smallest absolute Gasteiger partial charge is 0.220 e. The number of hydrogen-bond donors (Lipinski definition) is 2. The minimum absolute atomic E-state index is 0.0408. The lowest BCUT2D eigenvalue weighted by atomic mass is 10.1. The van der Waals surface area contributed by atoms with E-state index in [1.165, 1.54) is 0 Å². The van der Waals surface area contributed by atoms with Gasteiger partial charge in [-0.15, -0.1) is 0 Å². The van der Waals surface area contributed by atoms with Gasteiger partial charge < -0.3 is 15.6 Å². The first-order valence-corrected chi connectivity index (χ1v) is 6.47. The molecule has 0 saturated carbocycles. The number of fused-ring (bicyclic) bond motifs is 1. The molecule has 1 aromatic carbocycles. The molecule has 0 bridgehead atoms. The number of carbonyl (C=O) groups is 1. The van der Waals surface area contributed by atoms with Crippen molar-refractivity contribution in [2.75, 3.05) is 6.54 Å². The first-order chi connectivity index (χ1) is 9.10. The van der Waals surface area contributed by atoms with Crippen LogP contribution in [0.3, 0.4) is 0 Å². The number of nitrogens with one attached hydrogen (secondary N) is 1. The maximum absolute atomic E-state index is 11.7. The van der Waals surface area contributed by atoms with E-state index in [0.29, 0.717) is 19.5 Å². The molecule has 0 aliphatic rings. The average Bonchev–Trinajstić information content (AvgIpc) is 2.77. The summed E-state index contributed by atoms with van der Waals surface area (Å²) in [6, 6.07) is 6.03. The Balaban J connectivity index is 1.96. The third kappa shape index (κ3) is 3.32. The molecule has 19 heavy (non-hydrogen) atoms. The molecule has 5 nitrogen and oxygen atoms in total. The molecule has 0 spiro atoms. The van der Waals surface area contributed by atoms with Gasteiger partial charge in [0.05, 0.1) is 17.4 Å². The van der Waals surface area contributed by atoms with Gasteiger partial charge >= 0.3 is 0 Å². The highest BCUT2D eigenvalue weighted by molar-refractivity contribution is 5.77. The van der Waals surface area contributed by atoms with Crippen LogP contribution in [0.15, 0.2) is 24.5 Å². The van der Waals surface area contributed by atoms with E-state index in [1.807, 2.05) is 36.7 Å². The minimum Gasteiger partial charge on any atom is -0.352 e. The van der Waals surface area contributed by atoms with Crippen LogP contribution in [0, 0.1) is 5.92 Å². The Morgan fingerprint density at radius 1 is 1.53 bits per heavy atom. The van der Waals surface area contributed by atoms with Gasteiger partial charge in [-0.1, -0.05) is 13.0 Å². The van der Waals surface area contributed by atoms with E-state index < -0.39 is 0 Å². The van der Waals surface area contributed by atoms with Gasteiger partial charge in [-0.25, -0.2) is 4.98 Å². The highest BCUT2D eigenvalue weighted by atomic mass is 16.1. The third-order valence-electron chi connectivity index (χ3n) is 3.22. The molecule has 1 aromatic heterocycles. The van der Waals surface area contributed by atoms with Gasteiger partial charge in [-0.2, -0.15) is 0 Å². The van der Waals surface area contributed by atoms with Crippen molar-refractivity contribution in [1.82, 2.24) is 14.9 Å². The van der Waals surface area contributed by atoms with Crippen molar-refractivity contribution in [1.29, 1.82) is 0 Å². The van der Waals surface area contributed by atoms with Crippen LogP contribution in [0.5, 0.6) is 0 Å². The van der Waals surface area contributed by atoms with Crippen LogP contribution in [0.4, 0.5) is 0 Å². The number of benzene rings is 1. The van der Waals surface area contributed by atoms with Crippen molar-refractivity contribution in [2.24, 2.45) is 18.7 Å². The SMILES string of the molecule is CC(CN)CC(=O)NCc1ccc2c(c1)ncn2C. The quantitative estimate of drug-likeness (QED) is 0.847. The number of nitrogens with zero attached hydrogens (tertiary/aromatic N) is 2. The lowest BCUT2D eigenvalue weighted by Gasteiger charge is -2.09. The highest BCUT2D eigenvalue weighted by Crippen LogP contribution is 2.13. The van der Waals surface area contributed by atoms with Gasteiger partial charge in [0.25, 0.3) is 0 Å². The summed E-state index contributed by atoms with van der Waals surface area (Å²) in [6.07, 6.45) is 2.26. The van der Waals surface area contributed by atoms with Crippen LogP contribution in [-0.2, 0) is 18.4 Å². The zero-order chi connectivity index (χ0) is 13.8. The molecule has 1 amide bonds. The van der Waals surface area contributed by atoms with E-state index in [-0.39, 0.29) is 11.8 Å². The van der Waals surface area contributed by atoms with E-state index in [9.17, 15) is 4.79 Å². The van der Waals surface area contributed by atoms with Crippen LogP contribution in [0.2, 0.25) is 0 Å². The van der Waals surface area contributed by atoms with Crippen LogP contribution >= 0.6 is 0 Å². The molecular weight excluding hydrogens is 240 g/mol. The molecule has 0 aliphatic carbocycles. The summed E-state index contributed by atoms with van der Waals surface area (Å²) >= 11 is 0. The Kier molecular flexibility index (Phi) is 4.16. The lowest BCUT2D eigenvalue weighted by Crippen LogP contribution is -2.26. The number of carbonyl (C=O) groups excluding carboxylic acids is 1. The van der Waals surface area contributed by atoms with Gasteiger partial charge in [-0.3, -0.25) is 4.79 Å². The summed E-state index contributed by atoms with van der Waals surface area (Å²) in [6.45, 7) is 3.04. The van der Waals surface area contributed by atoms with Crippen LogP contribution in [0.1, 0.15) is 18.9 Å². The number of rotatable bonds is 5. The average molecular weight is 260 g/mol. The Morgan fingerprint density at radius 3 is 3.05 bits per heavy atom. The Labute approximate surface area is 112 Å². The van der Waals surface area contributed by atoms with E-state index in [1.54, 1.807) is 6.33 Å². The van der Waals surface area contributed by atoms with Crippen molar-refractivity contribution < 1.29 is 4.79 Å². The summed E-state index contributed by atoms with van der Waals surface area (Å²) < 4.78 is 1.97. The molecule has 1 heterocycles. The molecule has 102 valence electrons. The summed E-state index contributed by atoms with van der Waals surface area (Å²) in [5.41, 5.74) is 8.60. The molecule has 3 N–H and O–H groups in total. The Morgan fingerprint density at radius 2 is 2.32 bits per heavy atom. The zero-order valence-corrected chi connectivity index (χ0v) is 11.4. The Hall–Kier alpha value is -1.88. The maximum Gasteiger partial charge on any atom is 0.220 e. The second kappa shape index (κ2) is 5.84. The fourth-order valence-corrected chi connectivity index (χ4v) is 1.96. The summed E-state index contributed by atoms with van der Waals surface area (Å²) in [5, 5.41) is 2.91. The number of aryl methyl sites for hydroxylation is 1. The summed E-state index contributed by atoms with van der Waals surface area (Å²) in [5.74, 6) is 0.261. The maximum atomic E-state index is 11.7. The first-order valence-electron chi connectivity index (χ1n) is 6.47. The standard InChI is InChI=1S/C14H20N4O/c1-10(7-15)5-14(19)16-8-11-3-4-13-12(6-11)17-9-18(13)2/h3-4,6,9-10H,5,7-8,15H2,1-2H3,(H,16,19). The van der Waals surface area contributed by atoms with Crippen molar-refractivity contribution in [2.45, 2.75) is 19.9 Å². The van der Waals surface area contributed by atoms with Crippen molar-refractivity contribution in [3.63, 3.8) is 0 Å². The first kappa shape index (κ1) is 13.5. The normalized spacial score (nSPS) is 12.6. The third-order valence-corrected chi connectivity index (χ3v) is 3.22. The number of imidazole rings is 1. The topological polar surface area (TPSA) is 72.9 Å². The van der Waals surface area contributed by atoms with Crippen LogP contribution < -0.4 is 11.1 Å². The number of hydrogen-bond acceptors (Lipinski definition) is 3. The van der Waals surface area contributed by atoms with Gasteiger partial charge in [0, 0.05) is 20.0 Å². The predicted molar refractivity (Wildman–Crippen MR) is 75.4 cm³/mol. The number of aromatic nitrogens is 2.